The number of hydrogen-bond donors (Lipinski definition) is 0. The first kappa shape index (κ1) is 40.8. The molecule has 6 nitrogen and oxygen atoms in total. The number of furan rings is 1. The number of hydrogen-bond acceptors (Lipinski definition) is 4. The average Bonchev–Trinajstić information content (AvgIpc) is 4.01. The van der Waals surface area contributed by atoms with Gasteiger partial charge in [0.2, 0.25) is 0 Å². The van der Waals surface area contributed by atoms with Crippen molar-refractivity contribution in [1.29, 1.82) is 0 Å². The molecule has 0 saturated heterocycles. The predicted octanol–water partition coefficient (Wildman–Crippen LogP) is 16.2. The Kier molecular flexibility index (Phi) is 9.06. The van der Waals surface area contributed by atoms with Gasteiger partial charge in [-0.25, -0.2) is 15.0 Å². The molecule has 0 spiro atoms. The molecule has 4 heterocycles. The Labute approximate surface area is 398 Å². The highest BCUT2D eigenvalue weighted by molar-refractivity contribution is 6.39. The van der Waals surface area contributed by atoms with E-state index in [1.54, 1.807) is 0 Å². The zero-order valence-corrected chi connectivity index (χ0v) is 40.0. The van der Waals surface area contributed by atoms with Crippen molar-refractivity contribution >= 4 is 65.6 Å². The van der Waals surface area contributed by atoms with Gasteiger partial charge in [0.05, 0.1) is 32.8 Å². The van der Waals surface area contributed by atoms with Gasteiger partial charge in [0.25, 0.3) is 0 Å². The van der Waals surface area contributed by atoms with E-state index in [9.17, 15) is 0 Å². The van der Waals surface area contributed by atoms with Crippen LogP contribution in [0.3, 0.4) is 0 Å². The summed E-state index contributed by atoms with van der Waals surface area (Å²) in [5.74, 6) is 7.49. The summed E-state index contributed by atoms with van der Waals surface area (Å²) in [7, 11) is 0. The highest BCUT2D eigenvalue weighted by Crippen LogP contribution is 2.56. The fraction of sp³-hybridized carbons (Fsp3) is 0.371. The maximum absolute atomic E-state index is 7.05. The maximum atomic E-state index is 7.05. The number of aromatic nitrogens is 5. The van der Waals surface area contributed by atoms with Gasteiger partial charge >= 0.3 is 0 Å². The number of benzene rings is 6. The topological polar surface area (TPSA) is 61.7 Å². The molecule has 6 aromatic carbocycles. The smallest absolute Gasteiger partial charge is 0.163 e. The average molecular weight is 892 g/mol. The Balaban J connectivity index is 0.996. The Morgan fingerprint density at radius 2 is 1.10 bits per heavy atom. The van der Waals surface area contributed by atoms with Gasteiger partial charge in [0.15, 0.2) is 5.82 Å². The molecule has 0 N–H and O–H groups in total. The van der Waals surface area contributed by atoms with Crippen LogP contribution in [0, 0.1) is 35.5 Å². The second-order valence-corrected chi connectivity index (χ2v) is 22.8. The summed E-state index contributed by atoms with van der Waals surface area (Å²) in [5, 5.41) is 7.04. The largest absolute Gasteiger partial charge is 0.455 e. The van der Waals surface area contributed by atoms with E-state index in [1.807, 2.05) is 0 Å². The molecule has 4 aromatic heterocycles. The minimum absolute atomic E-state index is 0.0122. The molecular formula is C62H61N5O. The van der Waals surface area contributed by atoms with E-state index in [4.69, 9.17) is 19.4 Å². The van der Waals surface area contributed by atoms with Crippen molar-refractivity contribution in [2.24, 2.45) is 35.5 Å². The monoisotopic (exact) mass is 891 g/mol. The zero-order chi connectivity index (χ0) is 45.5. The van der Waals surface area contributed by atoms with Crippen LogP contribution in [-0.2, 0) is 10.8 Å². The lowest BCUT2D eigenvalue weighted by Gasteiger charge is -2.50. The Morgan fingerprint density at radius 3 is 1.81 bits per heavy atom. The summed E-state index contributed by atoms with van der Waals surface area (Å²) >= 11 is 0. The molecular weight excluding hydrogens is 831 g/mol. The van der Waals surface area contributed by atoms with Gasteiger partial charge in [-0.3, -0.25) is 0 Å². The highest BCUT2D eigenvalue weighted by Gasteiger charge is 2.50. The van der Waals surface area contributed by atoms with Crippen LogP contribution < -0.4 is 0 Å². The van der Waals surface area contributed by atoms with Gasteiger partial charge in [0.1, 0.15) is 22.8 Å². The molecule has 10 aromatic rings. The lowest BCUT2D eigenvalue weighted by atomic mass is 9.55. The molecule has 0 radical (unpaired) electrons. The first-order valence-corrected chi connectivity index (χ1v) is 26.0. The van der Waals surface area contributed by atoms with E-state index >= 15 is 0 Å². The van der Waals surface area contributed by atoms with E-state index in [-0.39, 0.29) is 10.8 Å². The van der Waals surface area contributed by atoms with Crippen molar-refractivity contribution in [2.75, 3.05) is 0 Å². The quantitative estimate of drug-likeness (QED) is 0.167. The number of nitrogens with zero attached hydrogens (tertiary/aromatic N) is 5. The molecule has 4 fully saturated rings. The van der Waals surface area contributed by atoms with Crippen molar-refractivity contribution in [3.8, 4) is 22.8 Å². The van der Waals surface area contributed by atoms with E-state index in [0.29, 0.717) is 5.92 Å². The lowest BCUT2D eigenvalue weighted by molar-refractivity contribution is 0.0622. The van der Waals surface area contributed by atoms with Gasteiger partial charge < -0.3 is 13.6 Å². The van der Waals surface area contributed by atoms with Gasteiger partial charge in [-0.2, -0.15) is 0 Å². The van der Waals surface area contributed by atoms with E-state index < -0.39 is 0 Å². The van der Waals surface area contributed by atoms with Crippen LogP contribution in [0.5, 0.6) is 0 Å². The second kappa shape index (κ2) is 15.1. The van der Waals surface area contributed by atoms with Crippen molar-refractivity contribution in [1.82, 2.24) is 24.1 Å². The van der Waals surface area contributed by atoms with Crippen molar-refractivity contribution in [3.05, 3.63) is 139 Å². The molecule has 4 aliphatic carbocycles. The van der Waals surface area contributed by atoms with Crippen molar-refractivity contribution in [3.63, 3.8) is 0 Å². The Hall–Kier alpha value is -6.27. The highest BCUT2D eigenvalue weighted by atomic mass is 16.3. The molecule has 6 unspecified atom stereocenters. The zero-order valence-electron chi connectivity index (χ0n) is 40.0. The van der Waals surface area contributed by atoms with Crippen LogP contribution in [0.2, 0.25) is 0 Å². The lowest BCUT2D eigenvalue weighted by Crippen LogP contribution is -2.45. The summed E-state index contributed by atoms with van der Waals surface area (Å²) < 4.78 is 12.0. The first-order chi connectivity index (χ1) is 33.2. The van der Waals surface area contributed by atoms with Crippen LogP contribution in [0.4, 0.5) is 0 Å². The first-order valence-electron chi connectivity index (χ1n) is 26.0. The molecule has 14 rings (SSSR count). The number of para-hydroxylation sites is 4. The minimum Gasteiger partial charge on any atom is -0.455 e. The second-order valence-electron chi connectivity index (χ2n) is 22.8. The third-order valence-corrected chi connectivity index (χ3v) is 17.8. The molecule has 4 bridgehead atoms. The normalized spacial score (nSPS) is 27.3. The van der Waals surface area contributed by atoms with Crippen LogP contribution in [0.15, 0.2) is 132 Å². The van der Waals surface area contributed by atoms with Gasteiger partial charge in [-0.05, 0) is 154 Å². The number of fused-ring (bicyclic) bond motifs is 16. The molecule has 6 atom stereocenters. The molecule has 0 amide bonds. The fourth-order valence-corrected chi connectivity index (χ4v) is 15.6. The predicted molar refractivity (Wildman–Crippen MR) is 279 cm³/mol. The van der Waals surface area contributed by atoms with Gasteiger partial charge in [0, 0.05) is 49.3 Å². The van der Waals surface area contributed by atoms with Crippen LogP contribution >= 0.6 is 0 Å². The van der Waals surface area contributed by atoms with Crippen LogP contribution in [-0.4, -0.2) is 24.1 Å². The molecule has 68 heavy (non-hydrogen) atoms. The SMILES string of the molecule is CCC1CC2CC(C)CC(c3nc(-c4ccc(-n5c6ccccc6c6c7c(c8ccccc8n7-c7ccccc7)c7oc8ccccc8c7c65)cc4)nc(C4(C)CC5CC(C)CC(C5)C4)n3)(C1)C2. The third-order valence-electron chi connectivity index (χ3n) is 17.8. The number of rotatable bonds is 6. The third kappa shape index (κ3) is 6.10. The summed E-state index contributed by atoms with van der Waals surface area (Å²) in [6.45, 7) is 9.87. The summed E-state index contributed by atoms with van der Waals surface area (Å²) in [6.07, 6.45) is 13.9. The van der Waals surface area contributed by atoms with Crippen LogP contribution in [0.25, 0.3) is 88.3 Å². The molecule has 340 valence electrons. The van der Waals surface area contributed by atoms with Crippen LogP contribution in [0.1, 0.15) is 110 Å². The molecule has 4 aliphatic rings. The Morgan fingerprint density at radius 1 is 0.529 bits per heavy atom. The van der Waals surface area contributed by atoms with E-state index in [2.05, 4.69) is 164 Å². The summed E-state index contributed by atoms with van der Waals surface area (Å²) in [6, 6.07) is 46.4. The summed E-state index contributed by atoms with van der Waals surface area (Å²) in [4.78, 5) is 17.0. The standard InChI is InChI=1S/C62H61N5O/c1-5-39-30-42-29-38(3)32-62(35-39,36-42)60-64-58(63-59(65-60)61(4)33-40-27-37(2)28-41(31-40)34-61)43-23-25-45(26-24-43)67-49-20-12-9-17-46(49)52-55-53(57-54(56(52)67)48-19-11-14-22-51(48)68-57)47-18-10-13-21-50(47)66(55)44-15-7-6-8-16-44/h6-26,37-42H,5,27-36H2,1-4H3. The summed E-state index contributed by atoms with van der Waals surface area (Å²) in [5.41, 5.74) is 9.73. The maximum Gasteiger partial charge on any atom is 0.163 e. The van der Waals surface area contributed by atoms with E-state index in [1.165, 1.54) is 86.8 Å². The van der Waals surface area contributed by atoms with Crippen molar-refractivity contribution in [2.45, 2.75) is 109 Å². The van der Waals surface area contributed by atoms with E-state index in [0.717, 1.165) is 113 Å². The van der Waals surface area contributed by atoms with Crippen molar-refractivity contribution < 1.29 is 4.42 Å². The molecule has 6 heteroatoms. The minimum atomic E-state index is -0.0511. The molecule has 0 aliphatic heterocycles. The fourth-order valence-electron chi connectivity index (χ4n) is 15.6. The van der Waals surface area contributed by atoms with Gasteiger partial charge in [-0.1, -0.05) is 107 Å². The Bertz CT molecular complexity index is 3590. The van der Waals surface area contributed by atoms with Gasteiger partial charge in [-0.15, -0.1) is 0 Å². The molecule has 4 saturated carbocycles.